The number of anilines is 3. The quantitative estimate of drug-likeness (QED) is 0.520. The lowest BCUT2D eigenvalue weighted by Gasteiger charge is -2.41. The molecule has 1 aromatic carbocycles. The first-order valence-electron chi connectivity index (χ1n) is 11.3. The third-order valence-electron chi connectivity index (χ3n) is 7.16. The van der Waals surface area contributed by atoms with Crippen LogP contribution in [0.5, 0.6) is 0 Å². The van der Waals surface area contributed by atoms with E-state index in [1.54, 1.807) is 10.9 Å². The van der Waals surface area contributed by atoms with Crippen molar-refractivity contribution in [3.8, 4) is 0 Å². The summed E-state index contributed by atoms with van der Waals surface area (Å²) in [6, 6.07) is 5.92. The molecule has 2 fully saturated rings. The number of hydrogen-bond acceptors (Lipinski definition) is 7. The van der Waals surface area contributed by atoms with Crippen LogP contribution in [0.2, 0.25) is 5.02 Å². The molecule has 2 aliphatic heterocycles. The van der Waals surface area contributed by atoms with Gasteiger partial charge in [0.1, 0.15) is 10.8 Å². The Morgan fingerprint density at radius 2 is 1.97 bits per heavy atom. The van der Waals surface area contributed by atoms with Crippen LogP contribution in [0.25, 0.3) is 0 Å². The van der Waals surface area contributed by atoms with Gasteiger partial charge in [0.05, 0.1) is 47.7 Å². The van der Waals surface area contributed by atoms with Crippen LogP contribution in [-0.2, 0) is 11.8 Å². The second-order valence-electron chi connectivity index (χ2n) is 9.11. The Bertz CT molecular complexity index is 1110. The van der Waals surface area contributed by atoms with Gasteiger partial charge in [-0.15, -0.1) is 0 Å². The molecule has 0 bridgehead atoms. The molecule has 5 rings (SSSR count). The van der Waals surface area contributed by atoms with Crippen LogP contribution in [0.1, 0.15) is 26.7 Å². The SMILES string of the molecule is C[C@@H]1OCC2(CCN(c3cnc(Sc4cccc(Nc5cnn(C)c5)c4Cl)cn3)CC2)[C@@H]1C. The van der Waals surface area contributed by atoms with E-state index in [0.29, 0.717) is 22.5 Å². The van der Waals surface area contributed by atoms with Crippen LogP contribution in [0.4, 0.5) is 17.2 Å². The Morgan fingerprint density at radius 1 is 1.15 bits per heavy atom. The highest BCUT2D eigenvalue weighted by Gasteiger charge is 2.46. The fraction of sp³-hybridized carbons (Fsp3) is 0.458. The van der Waals surface area contributed by atoms with Crippen molar-refractivity contribution in [2.45, 2.75) is 42.7 Å². The summed E-state index contributed by atoms with van der Waals surface area (Å²) in [6.07, 6.45) is 10.0. The fourth-order valence-corrected chi connectivity index (χ4v) is 5.89. The van der Waals surface area contributed by atoms with E-state index >= 15 is 0 Å². The normalized spacial score (nSPS) is 22.1. The van der Waals surface area contributed by atoms with Gasteiger partial charge < -0.3 is 15.0 Å². The number of nitrogens with zero attached hydrogens (tertiary/aromatic N) is 5. The summed E-state index contributed by atoms with van der Waals surface area (Å²) in [6.45, 7) is 7.42. The Hall–Kier alpha value is -2.29. The fourth-order valence-electron chi connectivity index (χ4n) is 4.82. The number of piperidine rings is 1. The summed E-state index contributed by atoms with van der Waals surface area (Å²) in [5.74, 6) is 1.55. The lowest BCUT2D eigenvalue weighted by atomic mass is 9.70. The molecule has 2 saturated heterocycles. The molecule has 174 valence electrons. The summed E-state index contributed by atoms with van der Waals surface area (Å²) < 4.78 is 7.70. The van der Waals surface area contributed by atoms with E-state index < -0.39 is 0 Å². The van der Waals surface area contributed by atoms with Gasteiger partial charge in [0.2, 0.25) is 0 Å². The standard InChI is InChI=1S/C24H29ClN6OS/c1-16-17(2)32-15-24(16)7-9-31(10-8-24)21-12-27-22(13-26-21)33-20-6-4-5-19(23(20)25)29-18-11-28-30(3)14-18/h4-6,11-14,16-17,29H,7-10,15H2,1-3H3/t16-,17+/m1/s1. The highest BCUT2D eigenvalue weighted by atomic mass is 35.5. The molecular formula is C24H29ClN6OS. The van der Waals surface area contributed by atoms with E-state index in [4.69, 9.17) is 21.3 Å². The van der Waals surface area contributed by atoms with Crippen LogP contribution in [-0.4, -0.2) is 45.5 Å². The molecule has 0 unspecified atom stereocenters. The number of halogens is 1. The second kappa shape index (κ2) is 9.16. The summed E-state index contributed by atoms with van der Waals surface area (Å²) in [4.78, 5) is 12.6. The van der Waals surface area contributed by atoms with Crippen molar-refractivity contribution in [3.05, 3.63) is 48.0 Å². The zero-order valence-electron chi connectivity index (χ0n) is 19.2. The average molecular weight is 485 g/mol. The van der Waals surface area contributed by atoms with Crippen molar-refractivity contribution < 1.29 is 4.74 Å². The van der Waals surface area contributed by atoms with E-state index in [9.17, 15) is 0 Å². The molecule has 0 saturated carbocycles. The van der Waals surface area contributed by atoms with Crippen molar-refractivity contribution in [2.75, 3.05) is 29.9 Å². The maximum absolute atomic E-state index is 6.67. The van der Waals surface area contributed by atoms with Crippen LogP contribution < -0.4 is 10.2 Å². The summed E-state index contributed by atoms with van der Waals surface area (Å²) >= 11 is 8.19. The second-order valence-corrected chi connectivity index (χ2v) is 10.6. The molecule has 2 aliphatic rings. The number of rotatable bonds is 5. The monoisotopic (exact) mass is 484 g/mol. The number of benzene rings is 1. The van der Waals surface area contributed by atoms with E-state index in [1.807, 2.05) is 43.8 Å². The number of hydrogen-bond donors (Lipinski definition) is 1. The predicted octanol–water partition coefficient (Wildman–Crippen LogP) is 5.40. The molecule has 4 heterocycles. The van der Waals surface area contributed by atoms with Gasteiger partial charge in [-0.1, -0.05) is 36.4 Å². The molecule has 1 N–H and O–H groups in total. The van der Waals surface area contributed by atoms with Gasteiger partial charge in [-0.3, -0.25) is 4.68 Å². The zero-order chi connectivity index (χ0) is 23.0. The lowest BCUT2D eigenvalue weighted by Crippen LogP contribution is -2.44. The minimum atomic E-state index is 0.324. The van der Waals surface area contributed by atoms with E-state index in [1.165, 1.54) is 11.8 Å². The van der Waals surface area contributed by atoms with Gasteiger partial charge in [-0.05, 0) is 37.8 Å². The highest BCUT2D eigenvalue weighted by molar-refractivity contribution is 7.99. The van der Waals surface area contributed by atoms with Crippen LogP contribution >= 0.6 is 23.4 Å². The van der Waals surface area contributed by atoms with Gasteiger partial charge in [0, 0.05) is 36.6 Å². The number of aryl methyl sites for hydroxylation is 1. The number of aromatic nitrogens is 4. The minimum Gasteiger partial charge on any atom is -0.378 e. The lowest BCUT2D eigenvalue weighted by molar-refractivity contribution is 0.0969. The van der Waals surface area contributed by atoms with Gasteiger partial charge >= 0.3 is 0 Å². The first-order chi connectivity index (χ1) is 15.9. The van der Waals surface area contributed by atoms with E-state index in [0.717, 1.165) is 59.7 Å². The first kappa shape index (κ1) is 22.5. The maximum Gasteiger partial charge on any atom is 0.147 e. The van der Waals surface area contributed by atoms with Crippen molar-refractivity contribution in [3.63, 3.8) is 0 Å². The summed E-state index contributed by atoms with van der Waals surface area (Å²) in [5, 5.41) is 8.97. The Kier molecular flexibility index (Phi) is 6.24. The molecule has 9 heteroatoms. The van der Waals surface area contributed by atoms with Gasteiger partial charge in [-0.2, -0.15) is 5.10 Å². The molecule has 1 spiro atoms. The molecule has 0 amide bonds. The number of ether oxygens (including phenoxy) is 1. The third-order valence-corrected chi connectivity index (χ3v) is 8.66. The van der Waals surface area contributed by atoms with E-state index in [2.05, 4.69) is 34.1 Å². The molecular weight excluding hydrogens is 456 g/mol. The van der Waals surface area contributed by atoms with Gasteiger partial charge in [0.25, 0.3) is 0 Å². The molecule has 0 radical (unpaired) electrons. The van der Waals surface area contributed by atoms with Crippen LogP contribution in [0, 0.1) is 11.3 Å². The predicted molar refractivity (Wildman–Crippen MR) is 133 cm³/mol. The molecule has 33 heavy (non-hydrogen) atoms. The van der Waals surface area contributed by atoms with Crippen molar-refractivity contribution >= 4 is 40.6 Å². The Balaban J connectivity index is 1.23. The van der Waals surface area contributed by atoms with E-state index in [-0.39, 0.29) is 0 Å². The van der Waals surface area contributed by atoms with Gasteiger partial charge in [0.15, 0.2) is 0 Å². The van der Waals surface area contributed by atoms with Crippen molar-refractivity contribution in [1.82, 2.24) is 19.7 Å². The molecule has 0 aliphatic carbocycles. The molecule has 3 aromatic rings. The topological polar surface area (TPSA) is 68.1 Å². The molecule has 2 aromatic heterocycles. The van der Waals surface area contributed by atoms with Crippen molar-refractivity contribution in [1.29, 1.82) is 0 Å². The first-order valence-corrected chi connectivity index (χ1v) is 12.5. The Morgan fingerprint density at radius 3 is 2.61 bits per heavy atom. The molecule has 7 nitrogen and oxygen atoms in total. The number of nitrogens with one attached hydrogen (secondary N) is 1. The largest absolute Gasteiger partial charge is 0.378 e. The maximum atomic E-state index is 6.67. The third kappa shape index (κ3) is 4.56. The molecule has 2 atom stereocenters. The van der Waals surface area contributed by atoms with Crippen molar-refractivity contribution in [2.24, 2.45) is 18.4 Å². The Labute approximate surface area is 203 Å². The zero-order valence-corrected chi connectivity index (χ0v) is 20.7. The highest BCUT2D eigenvalue weighted by Crippen LogP contribution is 2.46. The van der Waals surface area contributed by atoms with Crippen LogP contribution in [0.3, 0.4) is 0 Å². The summed E-state index contributed by atoms with van der Waals surface area (Å²) in [5.41, 5.74) is 2.05. The summed E-state index contributed by atoms with van der Waals surface area (Å²) in [7, 11) is 1.88. The average Bonchev–Trinajstić information content (AvgIpc) is 3.36. The minimum absolute atomic E-state index is 0.324. The van der Waals surface area contributed by atoms with Gasteiger partial charge in [-0.25, -0.2) is 9.97 Å². The smallest absolute Gasteiger partial charge is 0.147 e. The van der Waals surface area contributed by atoms with Crippen LogP contribution in [0.15, 0.2) is 52.9 Å².